The first-order chi connectivity index (χ1) is 8.22. The largest absolute Gasteiger partial charge is 0.393 e. The van der Waals surface area contributed by atoms with Gasteiger partial charge in [-0.15, -0.1) is 0 Å². The van der Waals surface area contributed by atoms with E-state index in [1.165, 1.54) is 6.33 Å². The summed E-state index contributed by atoms with van der Waals surface area (Å²) in [6, 6.07) is 0. The molecular weight excluding hydrogens is 218 g/mol. The van der Waals surface area contributed by atoms with Crippen molar-refractivity contribution in [1.29, 1.82) is 0 Å². The van der Waals surface area contributed by atoms with Crippen molar-refractivity contribution < 1.29 is 5.11 Å². The highest BCUT2D eigenvalue weighted by atomic mass is 16.3. The lowest BCUT2D eigenvalue weighted by molar-refractivity contribution is 0.179. The first kappa shape index (κ1) is 11.8. The SMILES string of the molecule is CNc1ncnc2c1ncn2CCCC(C)O. The van der Waals surface area contributed by atoms with Crippen molar-refractivity contribution in [2.45, 2.75) is 32.4 Å². The van der Waals surface area contributed by atoms with E-state index in [1.54, 1.807) is 13.3 Å². The molecule has 0 fully saturated rings. The predicted octanol–water partition coefficient (Wildman–Crippen LogP) is 1.03. The summed E-state index contributed by atoms with van der Waals surface area (Å²) in [5, 5.41) is 12.2. The smallest absolute Gasteiger partial charge is 0.165 e. The van der Waals surface area contributed by atoms with Crippen LogP contribution in [0.3, 0.4) is 0 Å². The molecule has 2 rings (SSSR count). The molecule has 0 aliphatic carbocycles. The van der Waals surface area contributed by atoms with Gasteiger partial charge >= 0.3 is 0 Å². The molecule has 2 aromatic rings. The van der Waals surface area contributed by atoms with Crippen molar-refractivity contribution in [3.05, 3.63) is 12.7 Å². The van der Waals surface area contributed by atoms with Crippen LogP contribution in [0.2, 0.25) is 0 Å². The number of aryl methyl sites for hydroxylation is 1. The monoisotopic (exact) mass is 235 g/mol. The van der Waals surface area contributed by atoms with Crippen LogP contribution in [-0.4, -0.2) is 37.8 Å². The summed E-state index contributed by atoms with van der Waals surface area (Å²) >= 11 is 0. The Morgan fingerprint density at radius 1 is 1.41 bits per heavy atom. The highest BCUT2D eigenvalue weighted by Gasteiger charge is 2.08. The Hall–Kier alpha value is -1.69. The highest BCUT2D eigenvalue weighted by molar-refractivity contribution is 5.82. The van der Waals surface area contributed by atoms with Crippen molar-refractivity contribution in [3.63, 3.8) is 0 Å². The minimum Gasteiger partial charge on any atom is -0.393 e. The zero-order valence-corrected chi connectivity index (χ0v) is 10.1. The molecule has 0 aliphatic heterocycles. The van der Waals surface area contributed by atoms with E-state index < -0.39 is 0 Å². The van der Waals surface area contributed by atoms with E-state index in [4.69, 9.17) is 0 Å². The van der Waals surface area contributed by atoms with E-state index in [2.05, 4.69) is 20.3 Å². The second-order valence-electron chi connectivity index (χ2n) is 4.07. The zero-order chi connectivity index (χ0) is 12.3. The Morgan fingerprint density at radius 3 is 2.94 bits per heavy atom. The number of nitrogens with zero attached hydrogens (tertiary/aromatic N) is 4. The Bertz CT molecular complexity index is 494. The summed E-state index contributed by atoms with van der Waals surface area (Å²) in [5.41, 5.74) is 1.61. The van der Waals surface area contributed by atoms with Crippen molar-refractivity contribution in [3.8, 4) is 0 Å². The standard InChI is InChI=1S/C11H17N5O/c1-8(17)4-3-5-16-7-15-9-10(12-2)13-6-14-11(9)16/h6-8,17H,3-5H2,1-2H3,(H,12,13,14). The lowest BCUT2D eigenvalue weighted by Crippen LogP contribution is -2.04. The number of anilines is 1. The summed E-state index contributed by atoms with van der Waals surface area (Å²) in [6.45, 7) is 2.61. The third kappa shape index (κ3) is 2.52. The molecule has 92 valence electrons. The molecule has 1 atom stereocenters. The summed E-state index contributed by atoms with van der Waals surface area (Å²) in [4.78, 5) is 12.6. The van der Waals surface area contributed by atoms with Gasteiger partial charge in [-0.25, -0.2) is 15.0 Å². The second kappa shape index (κ2) is 5.09. The van der Waals surface area contributed by atoms with Gasteiger partial charge < -0.3 is 15.0 Å². The Kier molecular flexibility index (Phi) is 3.53. The Morgan fingerprint density at radius 2 is 2.24 bits per heavy atom. The lowest BCUT2D eigenvalue weighted by Gasteiger charge is -2.05. The summed E-state index contributed by atoms with van der Waals surface area (Å²) < 4.78 is 1.99. The molecule has 0 saturated heterocycles. The Balaban J connectivity index is 2.18. The molecule has 0 amide bonds. The normalized spacial score (nSPS) is 12.9. The number of aliphatic hydroxyl groups excluding tert-OH is 1. The highest BCUT2D eigenvalue weighted by Crippen LogP contribution is 2.17. The van der Waals surface area contributed by atoms with Crippen molar-refractivity contribution >= 4 is 17.0 Å². The first-order valence-corrected chi connectivity index (χ1v) is 5.74. The van der Waals surface area contributed by atoms with Gasteiger partial charge in [-0.3, -0.25) is 0 Å². The number of hydrogen-bond donors (Lipinski definition) is 2. The van der Waals surface area contributed by atoms with Crippen molar-refractivity contribution in [2.75, 3.05) is 12.4 Å². The molecule has 0 radical (unpaired) electrons. The van der Waals surface area contributed by atoms with E-state index >= 15 is 0 Å². The van der Waals surface area contributed by atoms with Crippen LogP contribution in [0.15, 0.2) is 12.7 Å². The topological polar surface area (TPSA) is 75.9 Å². The van der Waals surface area contributed by atoms with E-state index in [9.17, 15) is 5.11 Å². The summed E-state index contributed by atoms with van der Waals surface area (Å²) in [7, 11) is 1.81. The average Bonchev–Trinajstić information content (AvgIpc) is 2.72. The fourth-order valence-corrected chi connectivity index (χ4v) is 1.78. The molecule has 2 N–H and O–H groups in total. The molecule has 17 heavy (non-hydrogen) atoms. The molecule has 0 saturated carbocycles. The van der Waals surface area contributed by atoms with Crippen LogP contribution in [0.25, 0.3) is 11.2 Å². The zero-order valence-electron chi connectivity index (χ0n) is 10.1. The molecule has 0 spiro atoms. The van der Waals surface area contributed by atoms with Gasteiger partial charge in [-0.05, 0) is 19.8 Å². The number of aliphatic hydroxyl groups is 1. The number of aromatic nitrogens is 4. The molecule has 1 unspecified atom stereocenters. The maximum absolute atomic E-state index is 9.22. The van der Waals surface area contributed by atoms with E-state index in [1.807, 2.05) is 11.6 Å². The number of fused-ring (bicyclic) bond motifs is 1. The fourth-order valence-electron chi connectivity index (χ4n) is 1.78. The van der Waals surface area contributed by atoms with Crippen molar-refractivity contribution in [2.24, 2.45) is 0 Å². The minimum atomic E-state index is -0.257. The second-order valence-corrected chi connectivity index (χ2v) is 4.07. The summed E-state index contributed by atoms with van der Waals surface area (Å²) in [6.07, 6.45) is 4.72. The van der Waals surface area contributed by atoms with Crippen LogP contribution in [0.4, 0.5) is 5.82 Å². The molecule has 6 heteroatoms. The summed E-state index contributed by atoms with van der Waals surface area (Å²) in [5.74, 6) is 0.740. The number of imidazole rings is 1. The van der Waals surface area contributed by atoms with E-state index in [0.29, 0.717) is 0 Å². The average molecular weight is 235 g/mol. The van der Waals surface area contributed by atoms with Crippen LogP contribution in [0, 0.1) is 0 Å². The number of rotatable bonds is 5. The van der Waals surface area contributed by atoms with Gasteiger partial charge in [0.25, 0.3) is 0 Å². The van der Waals surface area contributed by atoms with E-state index in [-0.39, 0.29) is 6.10 Å². The van der Waals surface area contributed by atoms with Gasteiger partial charge in [-0.2, -0.15) is 0 Å². The van der Waals surface area contributed by atoms with Crippen LogP contribution in [0.5, 0.6) is 0 Å². The van der Waals surface area contributed by atoms with Gasteiger partial charge in [0.1, 0.15) is 11.8 Å². The third-order valence-corrected chi connectivity index (χ3v) is 2.66. The maximum Gasteiger partial charge on any atom is 0.165 e. The molecule has 0 aliphatic rings. The van der Waals surface area contributed by atoms with Gasteiger partial charge in [0.05, 0.1) is 12.4 Å². The van der Waals surface area contributed by atoms with Crippen molar-refractivity contribution in [1.82, 2.24) is 19.5 Å². The quantitative estimate of drug-likeness (QED) is 0.809. The molecule has 0 bridgehead atoms. The van der Waals surface area contributed by atoms with Crippen LogP contribution >= 0.6 is 0 Å². The van der Waals surface area contributed by atoms with Gasteiger partial charge in [0, 0.05) is 13.6 Å². The molecule has 2 heterocycles. The predicted molar refractivity (Wildman–Crippen MR) is 65.8 cm³/mol. The first-order valence-electron chi connectivity index (χ1n) is 5.74. The minimum absolute atomic E-state index is 0.257. The molecule has 6 nitrogen and oxygen atoms in total. The fraction of sp³-hybridized carbons (Fsp3) is 0.545. The van der Waals surface area contributed by atoms with Gasteiger partial charge in [-0.1, -0.05) is 0 Å². The molecule has 2 aromatic heterocycles. The maximum atomic E-state index is 9.22. The van der Waals surface area contributed by atoms with Gasteiger partial charge in [0.15, 0.2) is 11.5 Å². The number of nitrogens with one attached hydrogen (secondary N) is 1. The van der Waals surface area contributed by atoms with Gasteiger partial charge in [0.2, 0.25) is 0 Å². The van der Waals surface area contributed by atoms with Crippen LogP contribution < -0.4 is 5.32 Å². The van der Waals surface area contributed by atoms with Crippen LogP contribution in [0.1, 0.15) is 19.8 Å². The molecule has 0 aromatic carbocycles. The lowest BCUT2D eigenvalue weighted by atomic mass is 10.2. The Labute approximate surface area is 99.7 Å². The van der Waals surface area contributed by atoms with Crippen LogP contribution in [-0.2, 0) is 6.54 Å². The molecular formula is C11H17N5O. The van der Waals surface area contributed by atoms with E-state index in [0.717, 1.165) is 36.4 Å². The third-order valence-electron chi connectivity index (χ3n) is 2.66. The number of hydrogen-bond acceptors (Lipinski definition) is 5.